The van der Waals surface area contributed by atoms with Crippen LogP contribution in [0.3, 0.4) is 0 Å². The summed E-state index contributed by atoms with van der Waals surface area (Å²) in [5, 5.41) is 6.08. The minimum atomic E-state index is -0.137. The van der Waals surface area contributed by atoms with E-state index in [0.717, 1.165) is 43.5 Å². The molecule has 1 aromatic carbocycles. The summed E-state index contributed by atoms with van der Waals surface area (Å²) >= 11 is 0. The van der Waals surface area contributed by atoms with Gasteiger partial charge in [0.15, 0.2) is 0 Å². The maximum atomic E-state index is 12.4. The highest BCUT2D eigenvalue weighted by Gasteiger charge is 2.40. The molecule has 1 heterocycles. The Morgan fingerprint density at radius 1 is 1.36 bits per heavy atom. The molecule has 1 aliphatic carbocycles. The minimum absolute atomic E-state index is 0.0182. The maximum Gasteiger partial charge on any atom is 0.319 e. The normalized spacial score (nSPS) is 22.3. The maximum absolute atomic E-state index is 12.4. The molecule has 1 atom stereocenters. The van der Waals surface area contributed by atoms with Gasteiger partial charge in [-0.05, 0) is 57.2 Å². The van der Waals surface area contributed by atoms with Crippen molar-refractivity contribution in [1.82, 2.24) is 5.32 Å². The van der Waals surface area contributed by atoms with Crippen LogP contribution < -0.4 is 10.6 Å². The van der Waals surface area contributed by atoms with Gasteiger partial charge in [0, 0.05) is 18.3 Å². The summed E-state index contributed by atoms with van der Waals surface area (Å²) in [5.41, 5.74) is 1.87. The van der Waals surface area contributed by atoms with Crippen LogP contribution in [0.5, 0.6) is 0 Å². The van der Waals surface area contributed by atoms with Crippen molar-refractivity contribution in [2.75, 3.05) is 11.9 Å². The number of carbonyl (C=O) groups excluding carboxylic acids is 1. The molecule has 2 aliphatic rings. The number of anilines is 1. The van der Waals surface area contributed by atoms with Gasteiger partial charge >= 0.3 is 6.03 Å². The predicted molar refractivity (Wildman–Crippen MR) is 98.7 cm³/mol. The lowest BCUT2D eigenvalue weighted by Crippen LogP contribution is -2.48. The van der Waals surface area contributed by atoms with Gasteiger partial charge in [0.2, 0.25) is 0 Å². The lowest BCUT2D eigenvalue weighted by molar-refractivity contribution is -0.0818. The zero-order valence-electron chi connectivity index (χ0n) is 15.3. The van der Waals surface area contributed by atoms with E-state index in [2.05, 4.69) is 10.6 Å². The van der Waals surface area contributed by atoms with Crippen molar-refractivity contribution < 1.29 is 14.3 Å². The Kier molecular flexibility index (Phi) is 5.97. The topological polar surface area (TPSA) is 59.6 Å². The molecule has 0 unspecified atom stereocenters. The van der Waals surface area contributed by atoms with Crippen molar-refractivity contribution in [2.45, 2.75) is 76.7 Å². The van der Waals surface area contributed by atoms with E-state index in [1.807, 2.05) is 38.1 Å². The number of nitrogens with one attached hydrogen (secondary N) is 2. The van der Waals surface area contributed by atoms with Gasteiger partial charge in [0.1, 0.15) is 0 Å². The first kappa shape index (κ1) is 18.2. The number of benzene rings is 1. The highest BCUT2D eigenvalue weighted by Crippen LogP contribution is 2.39. The van der Waals surface area contributed by atoms with Crippen LogP contribution >= 0.6 is 0 Å². The van der Waals surface area contributed by atoms with Crippen LogP contribution in [0, 0.1) is 0 Å². The highest BCUT2D eigenvalue weighted by molar-refractivity contribution is 5.89. The summed E-state index contributed by atoms with van der Waals surface area (Å²) < 4.78 is 11.7. The number of hydrogen-bond acceptors (Lipinski definition) is 3. The molecule has 1 saturated carbocycles. The molecule has 1 aromatic rings. The Balaban J connectivity index is 1.51. The number of rotatable bonds is 5. The molecule has 0 radical (unpaired) electrons. The first-order valence-corrected chi connectivity index (χ1v) is 9.47. The molecule has 0 aromatic heterocycles. The SMILES string of the molecule is CC(C)OCc1cccc(NC(=O)N[C@H]2CCOC3(CCCC3)C2)c1. The van der Waals surface area contributed by atoms with Crippen molar-refractivity contribution in [3.8, 4) is 0 Å². The van der Waals surface area contributed by atoms with Crippen LogP contribution in [-0.2, 0) is 16.1 Å². The number of urea groups is 1. The molecule has 5 nitrogen and oxygen atoms in total. The number of carbonyl (C=O) groups is 1. The summed E-state index contributed by atoms with van der Waals surface area (Å²) in [4.78, 5) is 12.4. The molecule has 1 aliphatic heterocycles. The fourth-order valence-corrected chi connectivity index (χ4v) is 3.87. The highest BCUT2D eigenvalue weighted by atomic mass is 16.5. The van der Waals surface area contributed by atoms with Crippen LogP contribution in [0.4, 0.5) is 10.5 Å². The average Bonchev–Trinajstić information content (AvgIpc) is 3.01. The van der Waals surface area contributed by atoms with Crippen molar-refractivity contribution in [1.29, 1.82) is 0 Å². The lowest BCUT2D eigenvalue weighted by atomic mass is 9.89. The van der Waals surface area contributed by atoms with Gasteiger partial charge in [-0.25, -0.2) is 4.79 Å². The summed E-state index contributed by atoms with van der Waals surface area (Å²) in [6.07, 6.45) is 6.75. The van der Waals surface area contributed by atoms with Crippen LogP contribution in [0.1, 0.15) is 57.9 Å². The largest absolute Gasteiger partial charge is 0.375 e. The molecule has 2 N–H and O–H groups in total. The van der Waals surface area contributed by atoms with Gasteiger partial charge in [-0.2, -0.15) is 0 Å². The quantitative estimate of drug-likeness (QED) is 0.839. The van der Waals surface area contributed by atoms with Gasteiger partial charge in [0.25, 0.3) is 0 Å². The zero-order valence-corrected chi connectivity index (χ0v) is 15.3. The fraction of sp³-hybridized carbons (Fsp3) is 0.650. The third-order valence-electron chi connectivity index (χ3n) is 5.11. The number of ether oxygens (including phenoxy) is 2. The fourth-order valence-electron chi connectivity index (χ4n) is 3.87. The van der Waals surface area contributed by atoms with Crippen LogP contribution in [-0.4, -0.2) is 30.4 Å². The molecule has 0 bridgehead atoms. The van der Waals surface area contributed by atoms with E-state index in [1.165, 1.54) is 12.8 Å². The predicted octanol–water partition coefficient (Wildman–Crippen LogP) is 4.22. The van der Waals surface area contributed by atoms with E-state index >= 15 is 0 Å². The van der Waals surface area contributed by atoms with E-state index in [0.29, 0.717) is 6.61 Å². The Morgan fingerprint density at radius 2 is 2.16 bits per heavy atom. The van der Waals surface area contributed by atoms with Gasteiger partial charge in [-0.3, -0.25) is 0 Å². The molecular weight excluding hydrogens is 316 g/mol. The molecule has 2 amide bonds. The Bertz CT molecular complexity index is 582. The minimum Gasteiger partial charge on any atom is -0.375 e. The lowest BCUT2D eigenvalue weighted by Gasteiger charge is -2.38. The molecule has 1 saturated heterocycles. The van der Waals surface area contributed by atoms with Gasteiger partial charge < -0.3 is 20.1 Å². The van der Waals surface area contributed by atoms with Crippen LogP contribution in [0.25, 0.3) is 0 Å². The third kappa shape index (κ3) is 5.19. The molecule has 1 spiro atoms. The molecule has 138 valence electrons. The van der Waals surface area contributed by atoms with Gasteiger partial charge in [-0.1, -0.05) is 25.0 Å². The van der Waals surface area contributed by atoms with Crippen molar-refractivity contribution >= 4 is 11.7 Å². The van der Waals surface area contributed by atoms with Crippen LogP contribution in [0.15, 0.2) is 24.3 Å². The smallest absolute Gasteiger partial charge is 0.319 e. The van der Waals surface area contributed by atoms with E-state index in [4.69, 9.17) is 9.47 Å². The molecule has 25 heavy (non-hydrogen) atoms. The summed E-state index contributed by atoms with van der Waals surface area (Å²) in [6, 6.07) is 7.87. The first-order chi connectivity index (χ1) is 12.0. The third-order valence-corrected chi connectivity index (χ3v) is 5.11. The van der Waals surface area contributed by atoms with E-state index in [1.54, 1.807) is 0 Å². The standard InChI is InChI=1S/C20H30N2O3/c1-15(2)24-14-16-6-5-7-17(12-16)21-19(23)22-18-8-11-25-20(13-18)9-3-4-10-20/h5-7,12,15,18H,3-4,8-11,13-14H2,1-2H3,(H2,21,22,23)/t18-/m0/s1. The summed E-state index contributed by atoms with van der Waals surface area (Å²) in [5.74, 6) is 0. The number of hydrogen-bond donors (Lipinski definition) is 2. The Labute approximate surface area is 150 Å². The van der Waals surface area contributed by atoms with Gasteiger partial charge in [0.05, 0.1) is 18.3 Å². The zero-order chi connectivity index (χ0) is 17.7. The van der Waals surface area contributed by atoms with Gasteiger partial charge in [-0.15, -0.1) is 0 Å². The van der Waals surface area contributed by atoms with E-state index < -0.39 is 0 Å². The second-order valence-corrected chi connectivity index (χ2v) is 7.59. The number of amides is 2. The molecule has 5 heteroatoms. The van der Waals surface area contributed by atoms with E-state index in [9.17, 15) is 4.79 Å². The van der Waals surface area contributed by atoms with Crippen molar-refractivity contribution in [3.63, 3.8) is 0 Å². The van der Waals surface area contributed by atoms with E-state index in [-0.39, 0.29) is 23.8 Å². The van der Waals surface area contributed by atoms with Crippen LogP contribution in [0.2, 0.25) is 0 Å². The second-order valence-electron chi connectivity index (χ2n) is 7.59. The summed E-state index contributed by atoms with van der Waals surface area (Å²) in [7, 11) is 0. The average molecular weight is 346 g/mol. The second kappa shape index (κ2) is 8.19. The molecule has 2 fully saturated rings. The Morgan fingerprint density at radius 3 is 2.92 bits per heavy atom. The van der Waals surface area contributed by atoms with Crippen molar-refractivity contribution in [2.24, 2.45) is 0 Å². The molecule has 3 rings (SSSR count). The Hall–Kier alpha value is -1.59. The summed E-state index contributed by atoms with van der Waals surface area (Å²) in [6.45, 7) is 5.32. The monoisotopic (exact) mass is 346 g/mol. The molecular formula is C20H30N2O3. The van der Waals surface area contributed by atoms with Crippen molar-refractivity contribution in [3.05, 3.63) is 29.8 Å². The first-order valence-electron chi connectivity index (χ1n) is 9.47.